The number of carboxylic acid groups (broad SMARTS) is 1. The third-order valence-electron chi connectivity index (χ3n) is 0.603. The van der Waals surface area contributed by atoms with Gasteiger partial charge in [-0.15, -0.1) is 0 Å². The van der Waals surface area contributed by atoms with Crippen LogP contribution in [0.3, 0.4) is 0 Å². The highest BCUT2D eigenvalue weighted by atomic mass is 16.4. The highest BCUT2D eigenvalue weighted by Crippen LogP contribution is 1.76. The Morgan fingerprint density at radius 2 is 1.78 bits per heavy atom. The van der Waals surface area contributed by atoms with E-state index in [-0.39, 0.29) is 0 Å². The van der Waals surface area contributed by atoms with Crippen molar-refractivity contribution >= 4 is 17.5 Å². The van der Waals surface area contributed by atoms with Crippen LogP contribution < -0.4 is 0 Å². The SMILES string of the molecule is C=CC(=O)C(=O)C(=O)O. The lowest BCUT2D eigenvalue weighted by molar-refractivity contribution is -0.151. The zero-order chi connectivity index (χ0) is 7.44. The molecule has 0 fully saturated rings. The standard InChI is InChI=1S/C5H4O4/c1-2-3(6)4(7)5(8)9/h2H,1H2,(H,8,9). The number of carbonyl (C=O) groups is 3. The average Bonchev–Trinajstić information content (AvgIpc) is 1.84. The van der Waals surface area contributed by atoms with Gasteiger partial charge in [-0.3, -0.25) is 9.59 Å². The van der Waals surface area contributed by atoms with E-state index in [1.165, 1.54) is 0 Å². The Labute approximate surface area is 50.8 Å². The number of carboxylic acids is 1. The van der Waals surface area contributed by atoms with Gasteiger partial charge in [0.15, 0.2) is 0 Å². The zero-order valence-corrected chi connectivity index (χ0v) is 4.46. The van der Waals surface area contributed by atoms with Crippen LogP contribution in [0, 0.1) is 0 Å². The molecular weight excluding hydrogens is 124 g/mol. The summed E-state index contributed by atoms with van der Waals surface area (Å²) in [5.41, 5.74) is 0. The van der Waals surface area contributed by atoms with Crippen LogP contribution in [0.25, 0.3) is 0 Å². The minimum absolute atomic E-state index is 0.663. The van der Waals surface area contributed by atoms with Gasteiger partial charge < -0.3 is 5.11 Å². The molecule has 9 heavy (non-hydrogen) atoms. The van der Waals surface area contributed by atoms with Crippen molar-refractivity contribution in [2.24, 2.45) is 0 Å². The van der Waals surface area contributed by atoms with Gasteiger partial charge in [-0.2, -0.15) is 0 Å². The molecule has 0 unspecified atom stereocenters. The smallest absolute Gasteiger partial charge is 0.380 e. The van der Waals surface area contributed by atoms with Crippen molar-refractivity contribution < 1.29 is 19.5 Å². The monoisotopic (exact) mass is 128 g/mol. The van der Waals surface area contributed by atoms with Crippen molar-refractivity contribution in [1.29, 1.82) is 0 Å². The molecule has 1 N–H and O–H groups in total. The molecule has 4 heteroatoms. The second kappa shape index (κ2) is 2.76. The fraction of sp³-hybridized carbons (Fsp3) is 0. The van der Waals surface area contributed by atoms with Gasteiger partial charge in [0.1, 0.15) is 0 Å². The van der Waals surface area contributed by atoms with Gasteiger partial charge in [0.2, 0.25) is 5.78 Å². The van der Waals surface area contributed by atoms with Crippen LogP contribution in [0.4, 0.5) is 0 Å². The Morgan fingerprint density at radius 1 is 1.33 bits per heavy atom. The van der Waals surface area contributed by atoms with Gasteiger partial charge in [-0.25, -0.2) is 4.79 Å². The maximum Gasteiger partial charge on any atom is 0.380 e. The third-order valence-corrected chi connectivity index (χ3v) is 0.603. The molecule has 0 aliphatic rings. The van der Waals surface area contributed by atoms with Crippen LogP contribution in [0.5, 0.6) is 0 Å². The fourth-order valence-electron chi connectivity index (χ4n) is 0.198. The van der Waals surface area contributed by atoms with E-state index < -0.39 is 17.5 Å². The summed E-state index contributed by atoms with van der Waals surface area (Å²) in [4.78, 5) is 29.8. The first-order chi connectivity index (χ1) is 4.09. The van der Waals surface area contributed by atoms with Crippen molar-refractivity contribution in [1.82, 2.24) is 0 Å². The number of rotatable bonds is 3. The van der Waals surface area contributed by atoms with E-state index >= 15 is 0 Å². The average molecular weight is 128 g/mol. The molecule has 0 aliphatic carbocycles. The van der Waals surface area contributed by atoms with Crippen molar-refractivity contribution in [3.05, 3.63) is 12.7 Å². The second-order valence-corrected chi connectivity index (χ2v) is 1.20. The number of hydrogen-bond acceptors (Lipinski definition) is 3. The summed E-state index contributed by atoms with van der Waals surface area (Å²) in [5, 5.41) is 7.87. The topological polar surface area (TPSA) is 71.4 Å². The number of hydrogen-bond donors (Lipinski definition) is 1. The van der Waals surface area contributed by atoms with Crippen molar-refractivity contribution in [2.45, 2.75) is 0 Å². The summed E-state index contributed by atoms with van der Waals surface area (Å²) in [6.07, 6.45) is 0.663. The van der Waals surface area contributed by atoms with Gasteiger partial charge in [-0.1, -0.05) is 6.58 Å². The minimum atomic E-state index is -1.75. The lowest BCUT2D eigenvalue weighted by Crippen LogP contribution is -2.20. The van der Waals surface area contributed by atoms with E-state index in [9.17, 15) is 14.4 Å². The minimum Gasteiger partial charge on any atom is -0.475 e. The van der Waals surface area contributed by atoms with E-state index in [0.29, 0.717) is 6.08 Å². The quantitative estimate of drug-likeness (QED) is 0.313. The first kappa shape index (κ1) is 7.55. The predicted molar refractivity (Wildman–Crippen MR) is 27.8 cm³/mol. The first-order valence-electron chi connectivity index (χ1n) is 2.03. The molecule has 48 valence electrons. The summed E-state index contributed by atoms with van der Waals surface area (Å²) in [6, 6.07) is 0. The molecule has 0 heterocycles. The highest BCUT2D eigenvalue weighted by molar-refractivity contribution is 6.63. The molecule has 0 radical (unpaired) electrons. The van der Waals surface area contributed by atoms with E-state index in [2.05, 4.69) is 6.58 Å². The van der Waals surface area contributed by atoms with Crippen molar-refractivity contribution in [3.63, 3.8) is 0 Å². The van der Waals surface area contributed by atoms with Crippen LogP contribution in [-0.2, 0) is 14.4 Å². The van der Waals surface area contributed by atoms with Crippen LogP contribution >= 0.6 is 0 Å². The molecule has 0 aromatic heterocycles. The molecule has 0 rings (SSSR count). The molecule has 0 bridgehead atoms. The number of ketones is 2. The molecule has 0 saturated heterocycles. The van der Waals surface area contributed by atoms with E-state index in [0.717, 1.165) is 0 Å². The van der Waals surface area contributed by atoms with Crippen molar-refractivity contribution in [3.8, 4) is 0 Å². The van der Waals surface area contributed by atoms with Crippen LogP contribution in [0.15, 0.2) is 12.7 Å². The molecular formula is C5H4O4. The summed E-state index contributed by atoms with van der Waals surface area (Å²) in [6.45, 7) is 2.93. The normalized spacial score (nSPS) is 8.00. The third kappa shape index (κ3) is 1.85. The van der Waals surface area contributed by atoms with Gasteiger partial charge in [0.05, 0.1) is 0 Å². The van der Waals surface area contributed by atoms with Gasteiger partial charge in [-0.05, 0) is 6.08 Å². The lowest BCUT2D eigenvalue weighted by atomic mass is 10.3. The molecule has 0 aromatic rings. The summed E-state index contributed by atoms with van der Waals surface area (Å²) >= 11 is 0. The summed E-state index contributed by atoms with van der Waals surface area (Å²) < 4.78 is 0. The molecule has 0 amide bonds. The summed E-state index contributed by atoms with van der Waals surface area (Å²) in [5.74, 6) is -4.30. The van der Waals surface area contributed by atoms with Gasteiger partial charge in [0, 0.05) is 0 Å². The Kier molecular flexibility index (Phi) is 2.32. The Morgan fingerprint density at radius 3 is 1.89 bits per heavy atom. The molecule has 0 spiro atoms. The van der Waals surface area contributed by atoms with Gasteiger partial charge in [0.25, 0.3) is 0 Å². The van der Waals surface area contributed by atoms with Crippen LogP contribution in [0.1, 0.15) is 0 Å². The Balaban J connectivity index is 4.22. The molecule has 4 nitrogen and oxygen atoms in total. The maximum atomic E-state index is 10.1. The number of Topliss-reactive ketones (excluding diaryl/α,β-unsaturated/α-hetero) is 1. The predicted octanol–water partition coefficient (Wildman–Crippen LogP) is -0.605. The Hall–Kier alpha value is -1.45. The largest absolute Gasteiger partial charge is 0.475 e. The van der Waals surface area contributed by atoms with Gasteiger partial charge >= 0.3 is 11.8 Å². The molecule has 0 aromatic carbocycles. The first-order valence-corrected chi connectivity index (χ1v) is 2.03. The molecule has 0 aliphatic heterocycles. The van der Waals surface area contributed by atoms with Crippen LogP contribution in [0.2, 0.25) is 0 Å². The Bertz CT molecular complexity index is 179. The van der Waals surface area contributed by atoms with E-state index in [1.54, 1.807) is 0 Å². The molecule has 0 atom stereocenters. The second-order valence-electron chi connectivity index (χ2n) is 1.20. The number of carbonyl (C=O) groups excluding carboxylic acids is 2. The van der Waals surface area contributed by atoms with Crippen molar-refractivity contribution in [2.75, 3.05) is 0 Å². The lowest BCUT2D eigenvalue weighted by Gasteiger charge is -1.82. The fourth-order valence-corrected chi connectivity index (χ4v) is 0.198. The summed E-state index contributed by atoms with van der Waals surface area (Å²) in [7, 11) is 0. The number of allylic oxidation sites excluding steroid dienone is 1. The highest BCUT2D eigenvalue weighted by Gasteiger charge is 2.17. The van der Waals surface area contributed by atoms with E-state index in [4.69, 9.17) is 5.11 Å². The van der Waals surface area contributed by atoms with E-state index in [1.807, 2.05) is 0 Å². The maximum absolute atomic E-state index is 10.1. The number of aliphatic carboxylic acids is 1. The molecule has 0 saturated carbocycles. The zero-order valence-electron chi connectivity index (χ0n) is 4.46. The van der Waals surface area contributed by atoms with Crippen LogP contribution in [-0.4, -0.2) is 22.6 Å².